The van der Waals surface area contributed by atoms with Gasteiger partial charge in [-0.05, 0) is 38.1 Å². The van der Waals surface area contributed by atoms with Gasteiger partial charge in [-0.25, -0.2) is 4.98 Å². The quantitative estimate of drug-likeness (QED) is 0.893. The van der Waals surface area contributed by atoms with E-state index in [2.05, 4.69) is 20.2 Å². The summed E-state index contributed by atoms with van der Waals surface area (Å²) in [5.74, 6) is 2.27. The van der Waals surface area contributed by atoms with Crippen LogP contribution in [-0.4, -0.2) is 42.8 Å². The molecule has 1 aromatic rings. The number of piperidine rings is 1. The van der Waals surface area contributed by atoms with Crippen molar-refractivity contribution in [1.29, 1.82) is 0 Å². The lowest BCUT2D eigenvalue weighted by Crippen LogP contribution is -2.41. The molecule has 0 amide bonds. The lowest BCUT2D eigenvalue weighted by Gasteiger charge is -2.34. The van der Waals surface area contributed by atoms with Gasteiger partial charge in [-0.15, -0.1) is 0 Å². The van der Waals surface area contributed by atoms with E-state index in [0.29, 0.717) is 5.88 Å². The highest BCUT2D eigenvalue weighted by Gasteiger charge is 2.29. The largest absolute Gasteiger partial charge is 0.481 e. The Kier molecular flexibility index (Phi) is 3.82. The molecule has 19 heavy (non-hydrogen) atoms. The van der Waals surface area contributed by atoms with Crippen LogP contribution < -0.4 is 15.0 Å². The highest BCUT2D eigenvalue weighted by Crippen LogP contribution is 2.27. The minimum absolute atomic E-state index is 0.643. The van der Waals surface area contributed by atoms with Gasteiger partial charge in [-0.3, -0.25) is 0 Å². The number of hydrogen-bond acceptors (Lipinski definition) is 5. The maximum absolute atomic E-state index is 5.16. The molecule has 0 aromatic carbocycles. The van der Waals surface area contributed by atoms with Crippen molar-refractivity contribution < 1.29 is 4.74 Å². The van der Waals surface area contributed by atoms with Crippen LogP contribution in [0, 0.1) is 5.92 Å². The molecule has 3 rings (SSSR count). The monoisotopic (exact) mass is 262 g/mol. The second kappa shape index (κ2) is 5.74. The summed E-state index contributed by atoms with van der Waals surface area (Å²) in [7, 11) is 1.64. The highest BCUT2D eigenvalue weighted by molar-refractivity contribution is 5.32. The van der Waals surface area contributed by atoms with Crippen LogP contribution in [0.3, 0.4) is 0 Å². The minimum Gasteiger partial charge on any atom is -0.481 e. The van der Waals surface area contributed by atoms with E-state index in [1.807, 2.05) is 0 Å². The number of ether oxygens (including phenoxy) is 1. The molecular formula is C14H22N4O. The zero-order valence-electron chi connectivity index (χ0n) is 11.5. The molecule has 0 radical (unpaired) electrons. The number of rotatable bonds is 3. The van der Waals surface area contributed by atoms with Gasteiger partial charge < -0.3 is 15.0 Å². The Morgan fingerprint density at radius 3 is 2.84 bits per heavy atom. The van der Waals surface area contributed by atoms with E-state index in [1.54, 1.807) is 19.4 Å². The molecule has 1 N–H and O–H groups in total. The van der Waals surface area contributed by atoms with Gasteiger partial charge in [0, 0.05) is 31.4 Å². The summed E-state index contributed by atoms with van der Waals surface area (Å²) >= 11 is 0. The maximum atomic E-state index is 5.16. The molecule has 1 aromatic heterocycles. The molecule has 0 spiro atoms. The van der Waals surface area contributed by atoms with E-state index in [0.717, 1.165) is 31.0 Å². The van der Waals surface area contributed by atoms with E-state index >= 15 is 0 Å². The third-order valence-electron chi connectivity index (χ3n) is 4.32. The van der Waals surface area contributed by atoms with Gasteiger partial charge in [0.15, 0.2) is 0 Å². The van der Waals surface area contributed by atoms with E-state index < -0.39 is 0 Å². The summed E-state index contributed by atoms with van der Waals surface area (Å²) in [5, 5.41) is 3.63. The van der Waals surface area contributed by atoms with Crippen molar-refractivity contribution in [3.8, 4) is 5.88 Å². The van der Waals surface area contributed by atoms with Gasteiger partial charge in [0.1, 0.15) is 0 Å². The topological polar surface area (TPSA) is 50.3 Å². The third kappa shape index (κ3) is 2.81. The minimum atomic E-state index is 0.643. The first kappa shape index (κ1) is 12.7. The molecule has 2 aliphatic rings. The van der Waals surface area contributed by atoms with Crippen molar-refractivity contribution in [2.45, 2.75) is 31.7 Å². The number of nitrogens with zero attached hydrogens (tertiary/aromatic N) is 3. The normalized spacial score (nSPS) is 24.7. The molecule has 2 saturated heterocycles. The maximum Gasteiger partial charge on any atom is 0.228 e. The molecule has 2 aliphatic heterocycles. The summed E-state index contributed by atoms with van der Waals surface area (Å²) in [5.41, 5.74) is 0. The summed E-state index contributed by atoms with van der Waals surface area (Å²) < 4.78 is 5.16. The van der Waals surface area contributed by atoms with Crippen molar-refractivity contribution in [2.75, 3.05) is 31.6 Å². The van der Waals surface area contributed by atoms with Crippen LogP contribution in [-0.2, 0) is 0 Å². The predicted octanol–water partition coefficient (Wildman–Crippen LogP) is 1.45. The number of methoxy groups -OCH3 is 1. The van der Waals surface area contributed by atoms with E-state index in [1.165, 1.54) is 32.2 Å². The Balaban J connectivity index is 1.59. The Labute approximate surface area is 114 Å². The van der Waals surface area contributed by atoms with Crippen LogP contribution in [0.1, 0.15) is 25.7 Å². The molecule has 5 heteroatoms. The van der Waals surface area contributed by atoms with E-state index in [9.17, 15) is 0 Å². The van der Waals surface area contributed by atoms with E-state index in [-0.39, 0.29) is 0 Å². The summed E-state index contributed by atoms with van der Waals surface area (Å²) in [4.78, 5) is 11.0. The van der Waals surface area contributed by atoms with Gasteiger partial charge in [-0.2, -0.15) is 4.98 Å². The van der Waals surface area contributed by atoms with Crippen LogP contribution in [0.4, 0.5) is 5.95 Å². The fraction of sp³-hybridized carbons (Fsp3) is 0.714. The Hall–Kier alpha value is -1.36. The van der Waals surface area contributed by atoms with Gasteiger partial charge in [0.2, 0.25) is 11.8 Å². The second-order valence-corrected chi connectivity index (χ2v) is 5.43. The van der Waals surface area contributed by atoms with Crippen LogP contribution >= 0.6 is 0 Å². The zero-order valence-corrected chi connectivity index (χ0v) is 11.5. The average Bonchev–Trinajstić information content (AvgIpc) is 3.02. The second-order valence-electron chi connectivity index (χ2n) is 5.43. The van der Waals surface area contributed by atoms with E-state index in [4.69, 9.17) is 4.74 Å². The Morgan fingerprint density at radius 1 is 1.32 bits per heavy atom. The first-order valence-electron chi connectivity index (χ1n) is 7.22. The van der Waals surface area contributed by atoms with Gasteiger partial charge >= 0.3 is 0 Å². The number of anilines is 1. The first-order valence-corrected chi connectivity index (χ1v) is 7.22. The molecule has 104 valence electrons. The van der Waals surface area contributed by atoms with Crippen molar-refractivity contribution in [1.82, 2.24) is 15.3 Å². The van der Waals surface area contributed by atoms with Crippen molar-refractivity contribution >= 4 is 5.95 Å². The summed E-state index contributed by atoms with van der Waals surface area (Å²) in [6, 6.07) is 2.53. The van der Waals surface area contributed by atoms with Crippen molar-refractivity contribution in [3.63, 3.8) is 0 Å². The lowest BCUT2D eigenvalue weighted by molar-refractivity contribution is 0.317. The average molecular weight is 262 g/mol. The molecule has 5 nitrogen and oxygen atoms in total. The third-order valence-corrected chi connectivity index (χ3v) is 4.32. The fourth-order valence-corrected chi connectivity index (χ4v) is 3.21. The van der Waals surface area contributed by atoms with Crippen molar-refractivity contribution in [3.05, 3.63) is 12.3 Å². The Morgan fingerprint density at radius 2 is 2.16 bits per heavy atom. The molecular weight excluding hydrogens is 240 g/mol. The molecule has 1 unspecified atom stereocenters. The SMILES string of the molecule is COc1ccnc(N2CCC(C3CCCN3)CC2)n1. The summed E-state index contributed by atoms with van der Waals surface area (Å²) in [6.07, 6.45) is 6.92. The van der Waals surface area contributed by atoms with Gasteiger partial charge in [0.25, 0.3) is 0 Å². The standard InChI is InChI=1S/C14H22N4O/c1-19-13-4-8-16-14(17-13)18-9-5-11(6-10-18)12-3-2-7-15-12/h4,8,11-12,15H,2-3,5-7,9-10H2,1H3. The predicted molar refractivity (Wildman–Crippen MR) is 74.5 cm³/mol. The van der Waals surface area contributed by atoms with Crippen LogP contribution in [0.15, 0.2) is 12.3 Å². The van der Waals surface area contributed by atoms with Crippen LogP contribution in [0.25, 0.3) is 0 Å². The highest BCUT2D eigenvalue weighted by atomic mass is 16.5. The number of nitrogens with one attached hydrogen (secondary N) is 1. The van der Waals surface area contributed by atoms with Crippen LogP contribution in [0.5, 0.6) is 5.88 Å². The molecule has 0 bridgehead atoms. The van der Waals surface area contributed by atoms with Crippen molar-refractivity contribution in [2.24, 2.45) is 5.92 Å². The smallest absolute Gasteiger partial charge is 0.228 e. The van der Waals surface area contributed by atoms with Gasteiger partial charge in [0.05, 0.1) is 7.11 Å². The summed E-state index contributed by atoms with van der Waals surface area (Å²) in [6.45, 7) is 3.30. The number of hydrogen-bond donors (Lipinski definition) is 1. The zero-order chi connectivity index (χ0) is 13.1. The first-order chi connectivity index (χ1) is 9.36. The molecule has 3 heterocycles. The lowest BCUT2D eigenvalue weighted by atomic mass is 9.89. The van der Waals surface area contributed by atoms with Gasteiger partial charge in [-0.1, -0.05) is 0 Å². The molecule has 0 saturated carbocycles. The molecule has 2 fully saturated rings. The Bertz CT molecular complexity index is 412. The fourth-order valence-electron chi connectivity index (χ4n) is 3.21. The number of aromatic nitrogens is 2. The molecule has 1 atom stereocenters. The molecule has 0 aliphatic carbocycles. The van der Waals surface area contributed by atoms with Crippen LogP contribution in [0.2, 0.25) is 0 Å².